The average molecular weight is 1610 g/mol. The Kier molecular flexibility index (Phi) is 64.2. The molecule has 0 aromatic heterocycles. The Balaban J connectivity index is 0. The number of hydrogen-bond acceptors (Lipinski definition) is 17. The van der Waals surface area contributed by atoms with Gasteiger partial charge in [-0.05, 0) is 90.0 Å². The van der Waals surface area contributed by atoms with Crippen LogP contribution in [0.3, 0.4) is 0 Å². The van der Waals surface area contributed by atoms with Crippen LogP contribution < -0.4 is 67.1 Å². The molecule has 8 rings (SSSR count). The van der Waals surface area contributed by atoms with Gasteiger partial charge in [0, 0.05) is 6.61 Å². The van der Waals surface area contributed by atoms with Gasteiger partial charge in [0.1, 0.15) is 12.3 Å². The van der Waals surface area contributed by atoms with E-state index < -0.39 is 46.7 Å². The van der Waals surface area contributed by atoms with Crippen molar-refractivity contribution in [3.05, 3.63) is 243 Å². The van der Waals surface area contributed by atoms with Crippen LogP contribution in [0.5, 0.6) is 0 Å². The maximum atomic E-state index is 7.57. The molecular formula is C74H118B2N4O13OsP4+6. The number of aliphatic hydroxyl groups is 1. The Morgan fingerprint density at radius 3 is 0.367 bits per heavy atom. The largest absolute Gasteiger partial charge is 4.00 e. The molecule has 540 valence electrons. The first-order chi connectivity index (χ1) is 47.6. The molecule has 0 aliphatic heterocycles. The van der Waals surface area contributed by atoms with E-state index in [1.807, 2.05) is 83.1 Å². The van der Waals surface area contributed by atoms with Crippen LogP contribution in [0.2, 0.25) is 0 Å². The second-order valence-electron chi connectivity index (χ2n) is 19.5. The first-order valence-corrected chi connectivity index (χ1v) is 38.6. The Labute approximate surface area is 607 Å². The molecule has 0 atom stereocenters. The van der Waals surface area contributed by atoms with Gasteiger partial charge in [-0.2, -0.15) is 98.0 Å². The summed E-state index contributed by atoms with van der Waals surface area (Å²) in [5, 5.41) is 7.57. The molecule has 98 heavy (non-hydrogen) atoms. The van der Waals surface area contributed by atoms with Gasteiger partial charge in [-0.15, -0.1) is 0 Å². The van der Waals surface area contributed by atoms with Crippen LogP contribution in [0.1, 0.15) is 90.0 Å². The van der Waals surface area contributed by atoms with Crippen molar-refractivity contribution in [3.63, 3.8) is 0 Å². The summed E-state index contributed by atoms with van der Waals surface area (Å²) < 4.78 is 62.2. The summed E-state index contributed by atoms with van der Waals surface area (Å²) in [5.41, 5.74) is 10.7. The van der Waals surface area contributed by atoms with E-state index >= 15 is 0 Å². The van der Waals surface area contributed by atoms with Crippen LogP contribution in [0, 0.1) is 0 Å². The van der Waals surface area contributed by atoms with Gasteiger partial charge in [0.2, 0.25) is 0 Å². The van der Waals surface area contributed by atoms with Crippen molar-refractivity contribution in [2.75, 3.05) is 85.9 Å². The predicted octanol–water partition coefficient (Wildman–Crippen LogP) is 12.0. The van der Waals surface area contributed by atoms with E-state index in [-0.39, 0.29) is 26.4 Å². The minimum absolute atomic E-state index is 0. The maximum absolute atomic E-state index is 7.57. The fourth-order valence-corrected chi connectivity index (χ4v) is 14.0. The van der Waals surface area contributed by atoms with Gasteiger partial charge in [-0.25, -0.2) is 0 Å². The molecule has 8 aromatic carbocycles. The van der Waals surface area contributed by atoms with Gasteiger partial charge in [-0.1, -0.05) is 243 Å². The van der Waals surface area contributed by atoms with E-state index in [1.54, 1.807) is 6.92 Å². The third-order valence-corrected chi connectivity index (χ3v) is 19.8. The molecule has 0 fully saturated rings. The van der Waals surface area contributed by atoms with Crippen LogP contribution in [-0.4, -0.2) is 103 Å². The van der Waals surface area contributed by atoms with E-state index in [2.05, 4.69) is 266 Å². The summed E-state index contributed by atoms with van der Waals surface area (Å²) in [6.45, 7) is 33.1. The summed E-state index contributed by atoms with van der Waals surface area (Å²) in [7, 11) is -5.59. The second kappa shape index (κ2) is 65.8. The summed E-state index contributed by atoms with van der Waals surface area (Å²) in [4.78, 5) is 0. The van der Waals surface area contributed by atoms with Crippen molar-refractivity contribution < 1.29 is 79.2 Å². The number of rotatable bonds is 32. The summed E-state index contributed by atoms with van der Waals surface area (Å²) >= 11 is 0. The smallest absolute Gasteiger partial charge is 0.397 e. The van der Waals surface area contributed by atoms with E-state index in [4.69, 9.17) is 59.4 Å². The molecule has 8 aromatic rings. The first-order valence-electron chi connectivity index (χ1n) is 33.7. The molecule has 0 bridgehead atoms. The molecule has 0 saturated heterocycles. The van der Waals surface area contributed by atoms with Gasteiger partial charge >= 0.3 is 54.2 Å². The number of nitrogens with two attached hydrogens (primary N) is 4. The normalized spacial score (nSPS) is 10.4. The van der Waals surface area contributed by atoms with Gasteiger partial charge in [-0.3, -0.25) is 23.4 Å². The van der Waals surface area contributed by atoms with Crippen molar-refractivity contribution in [1.82, 2.24) is 0 Å². The SMILES string of the molecule is CCO.CCO[PH+](OCC)OCC.CCO[PH+](OCC)OCC.CCO[PH+](OCC)OCC.CCO[PH+](OCC)OCC.NN.NN.[Os+4].c1ccc([B-](c2ccccc2)(c2ccccc2)c2ccccc2)cc1.c1ccc([B-](c2ccccc2)(c2ccccc2)c2ccccc2)cc1. The minimum Gasteiger partial charge on any atom is -0.397 e. The standard InChI is InChI=1S/2C24H20B.4C6H16O3P.C2H6O.2H4N2.Os/c2*1-5-13-21(14-6-1)25(22-15-7-2-8-16-22,23-17-9-3-10-18-23)24-19-11-4-12-20-24;4*1-4-7-10(8-5-2)9-6-3;1-2-3;2*1-2;/h2*1-20H;4*10H,4-6H2,1-3H3;3H,2H2,1H3;2*1-2H2;/q2*-1;4*+1;;;;+4. The zero-order chi connectivity index (χ0) is 71.9. The van der Waals surface area contributed by atoms with Crippen molar-refractivity contribution in [2.45, 2.75) is 90.0 Å². The van der Waals surface area contributed by atoms with E-state index in [1.165, 1.54) is 43.7 Å². The molecule has 17 nitrogen and oxygen atoms in total. The Hall–Kier alpha value is -4.43. The van der Waals surface area contributed by atoms with E-state index in [0.717, 1.165) is 0 Å². The first kappa shape index (κ1) is 95.6. The number of aliphatic hydroxyl groups excluding tert-OH is 1. The average Bonchev–Trinajstić information content (AvgIpc) is 0.750. The number of hydrazine groups is 2. The molecule has 0 amide bonds. The fourth-order valence-electron chi connectivity index (χ4n) is 10.2. The third-order valence-electron chi connectivity index (χ3n) is 13.5. The molecule has 9 N–H and O–H groups in total. The topological polar surface area (TPSA) is 235 Å². The summed E-state index contributed by atoms with van der Waals surface area (Å²) in [6, 6.07) is 87.1. The molecule has 0 aliphatic carbocycles. The van der Waals surface area contributed by atoms with Gasteiger partial charge < -0.3 is 5.11 Å². The summed E-state index contributed by atoms with van der Waals surface area (Å²) in [6.07, 6.45) is -2.43. The van der Waals surface area contributed by atoms with Crippen LogP contribution in [0.4, 0.5) is 0 Å². The second-order valence-corrected chi connectivity index (χ2v) is 25.0. The Morgan fingerprint density at radius 1 is 0.214 bits per heavy atom. The maximum Gasteiger partial charge on any atom is 4.00 e. The van der Waals surface area contributed by atoms with Gasteiger partial charge in [0.25, 0.3) is 0 Å². The van der Waals surface area contributed by atoms with Crippen molar-refractivity contribution in [3.8, 4) is 0 Å². The predicted molar refractivity (Wildman–Crippen MR) is 422 cm³/mol. The molecule has 0 unspecified atom stereocenters. The summed E-state index contributed by atoms with van der Waals surface area (Å²) in [5.74, 6) is 16.0. The van der Waals surface area contributed by atoms with Crippen molar-refractivity contribution >= 4 is 90.4 Å². The third kappa shape index (κ3) is 36.4. The molecular weight excluding hydrogens is 1490 g/mol. The number of benzene rings is 8. The van der Waals surface area contributed by atoms with Crippen LogP contribution >= 0.6 is 34.4 Å². The number of hydrogen-bond donors (Lipinski definition) is 5. The quantitative estimate of drug-likeness (QED) is 0.0114. The van der Waals surface area contributed by atoms with Crippen LogP contribution in [-0.2, 0) is 74.1 Å². The van der Waals surface area contributed by atoms with E-state index in [0.29, 0.717) is 79.3 Å². The van der Waals surface area contributed by atoms with Crippen molar-refractivity contribution in [1.29, 1.82) is 0 Å². The molecule has 0 saturated carbocycles. The van der Waals surface area contributed by atoms with Crippen molar-refractivity contribution in [2.24, 2.45) is 23.4 Å². The Bertz CT molecular complexity index is 2310. The zero-order valence-corrected chi connectivity index (χ0v) is 67.0. The van der Waals surface area contributed by atoms with Crippen LogP contribution in [0.25, 0.3) is 0 Å². The minimum atomic E-state index is -1.40. The Morgan fingerprint density at radius 2 is 0.296 bits per heavy atom. The van der Waals surface area contributed by atoms with E-state index in [9.17, 15) is 0 Å². The zero-order valence-electron chi connectivity index (χ0n) is 60.5. The fraction of sp³-hybridized carbons (Fsp3) is 0.351. The molecule has 0 aliphatic rings. The monoisotopic (exact) mass is 1610 g/mol. The van der Waals surface area contributed by atoms with Gasteiger partial charge in [0.05, 0.1) is 79.3 Å². The molecule has 0 radical (unpaired) electrons. The van der Waals surface area contributed by atoms with Crippen LogP contribution in [0.15, 0.2) is 243 Å². The molecule has 24 heteroatoms. The van der Waals surface area contributed by atoms with Gasteiger partial charge in [0.15, 0.2) is 0 Å². The molecule has 0 spiro atoms. The molecule has 0 heterocycles.